The molecule has 386 valence electrons. The van der Waals surface area contributed by atoms with Crippen molar-refractivity contribution in [2.45, 2.75) is 284 Å². The maximum Gasteiger partial charge on any atom is 0.306 e. The van der Waals surface area contributed by atoms with Gasteiger partial charge in [-0.05, 0) is 83.5 Å². The molecular formula is C61H106O6. The number of carbonyl (C=O) groups is 3. The van der Waals surface area contributed by atoms with E-state index in [9.17, 15) is 14.4 Å². The normalized spacial score (nSPS) is 12.6. The molecule has 0 amide bonds. The molecule has 0 bridgehead atoms. The summed E-state index contributed by atoms with van der Waals surface area (Å²) in [5.74, 6) is -0.895. The van der Waals surface area contributed by atoms with Gasteiger partial charge in [-0.2, -0.15) is 0 Å². The average molecular weight is 936 g/mol. The van der Waals surface area contributed by atoms with Crippen LogP contribution in [0.25, 0.3) is 0 Å². The predicted octanol–water partition coefficient (Wildman–Crippen LogP) is 19.0. The summed E-state index contributed by atoms with van der Waals surface area (Å²) in [6.07, 6.45) is 71.0. The number of unbranched alkanes of at least 4 members (excludes halogenated alkanes) is 28. The molecule has 1 unspecified atom stereocenters. The van der Waals surface area contributed by atoms with Crippen LogP contribution in [-0.4, -0.2) is 37.2 Å². The van der Waals surface area contributed by atoms with Crippen molar-refractivity contribution in [3.63, 3.8) is 0 Å². The smallest absolute Gasteiger partial charge is 0.306 e. The number of hydrogen-bond acceptors (Lipinski definition) is 6. The number of carbonyl (C=O) groups excluding carboxylic acids is 3. The van der Waals surface area contributed by atoms with Gasteiger partial charge in [0.2, 0.25) is 0 Å². The molecule has 0 spiro atoms. The first-order chi connectivity index (χ1) is 33.0. The standard InChI is InChI=1S/C61H106O6/c1-4-7-10-13-15-17-19-20-21-22-23-24-25-26-27-28-29-30-31-32-33-34-35-36-37-38-39-40-42-43-45-48-51-54-60(63)66-57-58(56-65-59(62)53-50-47-12-9-6-3)67-61(64)55-52-49-46-44-41-18-16-14-11-8-5-2/h7,10,14-17,20-21,23-24,26-27,58H,4-6,8-9,11-13,18-19,22,25,28-57H2,1-3H3/b10-7-,16-14-,17-15-,21-20-,24-23-,27-26-. The average Bonchev–Trinajstić information content (AvgIpc) is 3.33. The van der Waals surface area contributed by atoms with E-state index in [0.29, 0.717) is 19.3 Å². The first-order valence-electron chi connectivity index (χ1n) is 28.4. The minimum absolute atomic E-state index is 0.0758. The minimum Gasteiger partial charge on any atom is -0.462 e. The van der Waals surface area contributed by atoms with Gasteiger partial charge in [-0.3, -0.25) is 14.4 Å². The maximum atomic E-state index is 12.7. The molecule has 0 aromatic rings. The number of allylic oxidation sites excluding steroid dienone is 12. The summed E-state index contributed by atoms with van der Waals surface area (Å²) >= 11 is 0. The third-order valence-electron chi connectivity index (χ3n) is 12.2. The van der Waals surface area contributed by atoms with Crippen LogP contribution in [-0.2, 0) is 28.6 Å². The van der Waals surface area contributed by atoms with Crippen molar-refractivity contribution in [1.82, 2.24) is 0 Å². The summed E-state index contributed by atoms with van der Waals surface area (Å²) in [5.41, 5.74) is 0. The fourth-order valence-electron chi connectivity index (χ4n) is 7.92. The molecule has 0 saturated carbocycles. The third-order valence-corrected chi connectivity index (χ3v) is 12.2. The van der Waals surface area contributed by atoms with Crippen molar-refractivity contribution in [3.05, 3.63) is 72.9 Å². The van der Waals surface area contributed by atoms with Crippen LogP contribution in [0.4, 0.5) is 0 Å². The van der Waals surface area contributed by atoms with Gasteiger partial charge < -0.3 is 14.2 Å². The number of ether oxygens (including phenoxy) is 3. The molecule has 1 atom stereocenters. The largest absolute Gasteiger partial charge is 0.462 e. The molecule has 6 heteroatoms. The van der Waals surface area contributed by atoms with Crippen molar-refractivity contribution >= 4 is 17.9 Å². The van der Waals surface area contributed by atoms with Gasteiger partial charge in [0, 0.05) is 19.3 Å². The molecule has 67 heavy (non-hydrogen) atoms. The van der Waals surface area contributed by atoms with E-state index >= 15 is 0 Å². The van der Waals surface area contributed by atoms with Crippen molar-refractivity contribution in [1.29, 1.82) is 0 Å². The van der Waals surface area contributed by atoms with Gasteiger partial charge in [0.05, 0.1) is 0 Å². The fraction of sp³-hybridized carbons (Fsp3) is 0.754. The van der Waals surface area contributed by atoms with Gasteiger partial charge in [0.25, 0.3) is 0 Å². The SMILES string of the molecule is CC/C=C\C/C=C\C/C=C\C/C=C\C/C=C\CCCCCCCCCCCCCCCCCCCC(=O)OCC(COC(=O)CCCCCCC)OC(=O)CCCCCCC/C=C\CCCC. The molecule has 0 fully saturated rings. The Morgan fingerprint density at radius 3 is 0.970 bits per heavy atom. The highest BCUT2D eigenvalue weighted by atomic mass is 16.6. The Morgan fingerprint density at radius 1 is 0.313 bits per heavy atom. The summed E-state index contributed by atoms with van der Waals surface area (Å²) in [4.78, 5) is 37.6. The van der Waals surface area contributed by atoms with E-state index in [1.807, 2.05) is 0 Å². The second-order valence-corrected chi connectivity index (χ2v) is 18.8. The van der Waals surface area contributed by atoms with Crippen LogP contribution < -0.4 is 0 Å². The molecule has 0 rings (SSSR count). The Labute approximate surface area is 414 Å². The summed E-state index contributed by atoms with van der Waals surface area (Å²) < 4.78 is 16.7. The summed E-state index contributed by atoms with van der Waals surface area (Å²) in [5, 5.41) is 0. The van der Waals surface area contributed by atoms with E-state index in [1.165, 1.54) is 128 Å². The highest BCUT2D eigenvalue weighted by Gasteiger charge is 2.19. The van der Waals surface area contributed by atoms with E-state index in [0.717, 1.165) is 109 Å². The van der Waals surface area contributed by atoms with Crippen LogP contribution in [0.3, 0.4) is 0 Å². The van der Waals surface area contributed by atoms with E-state index in [-0.39, 0.29) is 31.1 Å². The number of hydrogen-bond donors (Lipinski definition) is 0. The zero-order valence-electron chi connectivity index (χ0n) is 44.2. The van der Waals surface area contributed by atoms with Crippen molar-refractivity contribution < 1.29 is 28.6 Å². The Hall–Kier alpha value is -3.15. The minimum atomic E-state index is -0.771. The van der Waals surface area contributed by atoms with Crippen LogP contribution in [0, 0.1) is 0 Å². The molecule has 0 aromatic carbocycles. The van der Waals surface area contributed by atoms with Crippen LogP contribution >= 0.6 is 0 Å². The lowest BCUT2D eigenvalue weighted by Crippen LogP contribution is -2.30. The van der Waals surface area contributed by atoms with Gasteiger partial charge in [-0.1, -0.05) is 248 Å². The first kappa shape index (κ1) is 63.8. The molecule has 0 heterocycles. The van der Waals surface area contributed by atoms with Crippen LogP contribution in [0.2, 0.25) is 0 Å². The maximum absolute atomic E-state index is 12.7. The Balaban J connectivity index is 3.89. The highest BCUT2D eigenvalue weighted by Crippen LogP contribution is 2.16. The topological polar surface area (TPSA) is 78.9 Å². The van der Waals surface area contributed by atoms with Crippen LogP contribution in [0.15, 0.2) is 72.9 Å². The van der Waals surface area contributed by atoms with Crippen molar-refractivity contribution in [2.75, 3.05) is 13.2 Å². The highest BCUT2D eigenvalue weighted by molar-refractivity contribution is 5.71. The second-order valence-electron chi connectivity index (χ2n) is 18.8. The Bertz CT molecular complexity index is 1260. The Kier molecular flexibility index (Phi) is 52.8. The summed E-state index contributed by atoms with van der Waals surface area (Å²) in [6.45, 7) is 6.40. The lowest BCUT2D eigenvalue weighted by Gasteiger charge is -2.18. The van der Waals surface area contributed by atoms with E-state index in [1.54, 1.807) is 0 Å². The monoisotopic (exact) mass is 935 g/mol. The van der Waals surface area contributed by atoms with Crippen molar-refractivity contribution in [3.8, 4) is 0 Å². The summed E-state index contributed by atoms with van der Waals surface area (Å²) in [7, 11) is 0. The molecule has 0 aromatic heterocycles. The zero-order chi connectivity index (χ0) is 48.6. The molecule has 0 N–H and O–H groups in total. The lowest BCUT2D eigenvalue weighted by atomic mass is 10.0. The molecule has 0 aliphatic carbocycles. The van der Waals surface area contributed by atoms with Crippen LogP contribution in [0.5, 0.6) is 0 Å². The van der Waals surface area contributed by atoms with Gasteiger partial charge in [0.15, 0.2) is 6.10 Å². The molecule has 0 aliphatic rings. The van der Waals surface area contributed by atoms with E-state index in [2.05, 4.69) is 93.7 Å². The van der Waals surface area contributed by atoms with Crippen LogP contribution in [0.1, 0.15) is 278 Å². The van der Waals surface area contributed by atoms with Gasteiger partial charge in [-0.25, -0.2) is 0 Å². The predicted molar refractivity (Wildman–Crippen MR) is 288 cm³/mol. The van der Waals surface area contributed by atoms with Gasteiger partial charge in [0.1, 0.15) is 13.2 Å². The lowest BCUT2D eigenvalue weighted by molar-refractivity contribution is -0.167. The Morgan fingerprint density at radius 2 is 0.597 bits per heavy atom. The molecule has 6 nitrogen and oxygen atoms in total. The van der Waals surface area contributed by atoms with E-state index < -0.39 is 6.10 Å². The zero-order valence-corrected chi connectivity index (χ0v) is 44.2. The van der Waals surface area contributed by atoms with E-state index in [4.69, 9.17) is 14.2 Å². The third kappa shape index (κ3) is 53.7. The van der Waals surface area contributed by atoms with Crippen molar-refractivity contribution in [2.24, 2.45) is 0 Å². The van der Waals surface area contributed by atoms with Gasteiger partial charge in [-0.15, -0.1) is 0 Å². The molecular weight excluding hydrogens is 829 g/mol. The summed E-state index contributed by atoms with van der Waals surface area (Å²) in [6, 6.07) is 0. The molecule has 0 saturated heterocycles. The number of esters is 3. The first-order valence-corrected chi connectivity index (χ1v) is 28.4. The fourth-order valence-corrected chi connectivity index (χ4v) is 7.92. The second kappa shape index (κ2) is 55.4. The molecule has 0 radical (unpaired) electrons. The molecule has 0 aliphatic heterocycles. The quantitative estimate of drug-likeness (QED) is 0.0262. The number of rotatable bonds is 51. The van der Waals surface area contributed by atoms with Gasteiger partial charge >= 0.3 is 17.9 Å².